The topological polar surface area (TPSA) is 88.5 Å². The van der Waals surface area contributed by atoms with Gasteiger partial charge in [0, 0.05) is 36.2 Å². The Labute approximate surface area is 238 Å². The van der Waals surface area contributed by atoms with Crippen LogP contribution in [-0.2, 0) is 14.3 Å². The first-order valence-electron chi connectivity index (χ1n) is 13.6. The number of carbonyl (C=O) groups excluding carboxylic acids is 2. The van der Waals surface area contributed by atoms with E-state index in [4.69, 9.17) is 14.2 Å². The van der Waals surface area contributed by atoms with Gasteiger partial charge in [0.15, 0.2) is 11.5 Å². The molecule has 8 nitrogen and oxygen atoms in total. The van der Waals surface area contributed by atoms with Crippen LogP contribution in [0.1, 0.15) is 49.8 Å². The molecule has 9 heteroatoms. The minimum Gasteiger partial charge on any atom is -0.507 e. The fourth-order valence-electron chi connectivity index (χ4n) is 5.02. The van der Waals surface area contributed by atoms with Gasteiger partial charge in [0.25, 0.3) is 11.7 Å². The summed E-state index contributed by atoms with van der Waals surface area (Å²) in [6, 6.07) is 11.7. The molecule has 1 unspecified atom stereocenters. The standard InChI is InChI=1S/C30H37BrN2O6/c1-3-4-5-17-39-24-12-9-22(20-25(24)37-2)27-26(28(34)21-7-10-23(31)11-8-21)29(35)30(36)33(27)14-6-13-32-15-18-38-19-16-32/h7-12,20,27,34H,3-6,13-19H2,1-2H3. The number of rotatable bonds is 12. The van der Waals surface area contributed by atoms with Crippen molar-refractivity contribution in [2.45, 2.75) is 38.6 Å². The third-order valence-corrected chi connectivity index (χ3v) is 7.67. The number of nitrogens with zero attached hydrogens (tertiary/aromatic N) is 2. The van der Waals surface area contributed by atoms with Crippen LogP contribution in [0.25, 0.3) is 5.76 Å². The van der Waals surface area contributed by atoms with Crippen molar-refractivity contribution in [3.05, 3.63) is 63.6 Å². The van der Waals surface area contributed by atoms with Crippen molar-refractivity contribution >= 4 is 33.4 Å². The van der Waals surface area contributed by atoms with Gasteiger partial charge in [0.1, 0.15) is 5.76 Å². The Kier molecular flexibility index (Phi) is 10.4. The first-order valence-corrected chi connectivity index (χ1v) is 14.4. The predicted octanol–water partition coefficient (Wildman–Crippen LogP) is 5.17. The molecule has 1 N–H and O–H groups in total. The molecular weight excluding hydrogens is 564 g/mol. The average molecular weight is 602 g/mol. The van der Waals surface area contributed by atoms with Crippen LogP contribution in [0.15, 0.2) is 52.5 Å². The number of Topliss-reactive ketones (excluding diaryl/α,β-unsaturated/α-hetero) is 1. The van der Waals surface area contributed by atoms with E-state index in [0.29, 0.717) is 55.4 Å². The molecule has 0 aliphatic carbocycles. The molecule has 1 atom stereocenters. The molecule has 2 aliphatic heterocycles. The fourth-order valence-corrected chi connectivity index (χ4v) is 5.28. The van der Waals surface area contributed by atoms with Crippen molar-refractivity contribution in [2.24, 2.45) is 0 Å². The highest BCUT2D eigenvalue weighted by molar-refractivity contribution is 9.10. The third kappa shape index (κ3) is 7.01. The summed E-state index contributed by atoms with van der Waals surface area (Å²) in [5.74, 6) is -0.369. The normalized spacial score (nSPS) is 19.5. The molecule has 0 bridgehead atoms. The van der Waals surface area contributed by atoms with Crippen molar-refractivity contribution in [2.75, 3.05) is 53.1 Å². The van der Waals surface area contributed by atoms with Gasteiger partial charge in [0.05, 0.1) is 38.5 Å². The van der Waals surface area contributed by atoms with E-state index in [1.807, 2.05) is 12.1 Å². The molecule has 2 aromatic rings. The SMILES string of the molecule is CCCCCOc1ccc(C2C(=C(O)c3ccc(Br)cc3)C(=O)C(=O)N2CCCN2CCOCC2)cc1OC. The first kappa shape index (κ1) is 29.1. The van der Waals surface area contributed by atoms with Crippen molar-refractivity contribution < 1.29 is 28.9 Å². The number of amides is 1. The zero-order valence-corrected chi connectivity index (χ0v) is 24.2. The number of hydrogen-bond donors (Lipinski definition) is 1. The fraction of sp³-hybridized carbons (Fsp3) is 0.467. The van der Waals surface area contributed by atoms with E-state index in [0.717, 1.165) is 43.4 Å². The van der Waals surface area contributed by atoms with Crippen LogP contribution < -0.4 is 9.47 Å². The summed E-state index contributed by atoms with van der Waals surface area (Å²) in [6.07, 6.45) is 3.81. The molecular formula is C30H37BrN2O6. The molecule has 210 valence electrons. The lowest BCUT2D eigenvalue weighted by atomic mass is 9.95. The largest absolute Gasteiger partial charge is 0.507 e. The van der Waals surface area contributed by atoms with Gasteiger partial charge in [-0.15, -0.1) is 0 Å². The van der Waals surface area contributed by atoms with Gasteiger partial charge >= 0.3 is 0 Å². The highest BCUT2D eigenvalue weighted by atomic mass is 79.9. The summed E-state index contributed by atoms with van der Waals surface area (Å²) in [4.78, 5) is 30.6. The number of carbonyl (C=O) groups is 2. The number of halogens is 1. The number of likely N-dealkylation sites (tertiary alicyclic amines) is 1. The van der Waals surface area contributed by atoms with Crippen LogP contribution >= 0.6 is 15.9 Å². The van der Waals surface area contributed by atoms with Crippen LogP contribution in [0.5, 0.6) is 11.5 Å². The van der Waals surface area contributed by atoms with Crippen LogP contribution in [0.3, 0.4) is 0 Å². The molecule has 1 amide bonds. The maximum absolute atomic E-state index is 13.4. The van der Waals surface area contributed by atoms with E-state index in [9.17, 15) is 14.7 Å². The summed E-state index contributed by atoms with van der Waals surface area (Å²) in [5, 5.41) is 11.3. The van der Waals surface area contributed by atoms with Crippen molar-refractivity contribution in [3.63, 3.8) is 0 Å². The molecule has 2 heterocycles. The van der Waals surface area contributed by atoms with Crippen LogP contribution in [0.4, 0.5) is 0 Å². The smallest absolute Gasteiger partial charge is 0.295 e. The zero-order valence-electron chi connectivity index (χ0n) is 22.7. The Bertz CT molecular complexity index is 1180. The molecule has 2 fully saturated rings. The minimum atomic E-state index is -0.749. The predicted molar refractivity (Wildman–Crippen MR) is 153 cm³/mol. The molecule has 2 saturated heterocycles. The molecule has 4 rings (SSSR count). The molecule has 2 aromatic carbocycles. The van der Waals surface area contributed by atoms with Gasteiger partial charge in [0.2, 0.25) is 0 Å². The van der Waals surface area contributed by atoms with Crippen molar-refractivity contribution in [1.29, 1.82) is 0 Å². The number of morpholine rings is 1. The van der Waals surface area contributed by atoms with Crippen LogP contribution in [0.2, 0.25) is 0 Å². The number of ether oxygens (including phenoxy) is 3. The number of aliphatic hydroxyl groups is 1. The summed E-state index contributed by atoms with van der Waals surface area (Å²) in [6.45, 7) is 6.98. The van der Waals surface area contributed by atoms with Gasteiger partial charge in [-0.25, -0.2) is 0 Å². The van der Waals surface area contributed by atoms with E-state index >= 15 is 0 Å². The van der Waals surface area contributed by atoms with Crippen molar-refractivity contribution in [1.82, 2.24) is 9.80 Å². The summed E-state index contributed by atoms with van der Waals surface area (Å²) in [7, 11) is 1.57. The van der Waals surface area contributed by atoms with Gasteiger partial charge in [-0.05, 0) is 42.7 Å². The van der Waals surface area contributed by atoms with Gasteiger partial charge in [-0.1, -0.05) is 53.9 Å². The summed E-state index contributed by atoms with van der Waals surface area (Å²) < 4.78 is 17.9. The Hall–Kier alpha value is -2.88. The lowest BCUT2D eigenvalue weighted by Gasteiger charge is -2.29. The van der Waals surface area contributed by atoms with Gasteiger partial charge in [-0.2, -0.15) is 0 Å². The number of ketones is 1. The van der Waals surface area contributed by atoms with E-state index in [2.05, 4.69) is 27.8 Å². The van der Waals surface area contributed by atoms with Crippen LogP contribution in [-0.4, -0.2) is 79.7 Å². The zero-order chi connectivity index (χ0) is 27.8. The molecule has 2 aliphatic rings. The second-order valence-electron chi connectivity index (χ2n) is 9.77. The highest BCUT2D eigenvalue weighted by Gasteiger charge is 2.46. The lowest BCUT2D eigenvalue weighted by molar-refractivity contribution is -0.140. The number of benzene rings is 2. The second kappa shape index (κ2) is 14.0. The van der Waals surface area contributed by atoms with Gasteiger partial charge < -0.3 is 24.2 Å². The maximum Gasteiger partial charge on any atom is 0.295 e. The number of unbranched alkanes of at least 4 members (excludes halogenated alkanes) is 2. The lowest BCUT2D eigenvalue weighted by Crippen LogP contribution is -2.39. The first-order chi connectivity index (χ1) is 18.9. The third-order valence-electron chi connectivity index (χ3n) is 7.14. The maximum atomic E-state index is 13.4. The summed E-state index contributed by atoms with van der Waals surface area (Å²) >= 11 is 3.40. The number of hydrogen-bond acceptors (Lipinski definition) is 7. The Balaban J connectivity index is 1.67. The Morgan fingerprint density at radius 1 is 1.03 bits per heavy atom. The minimum absolute atomic E-state index is 0.0763. The molecule has 0 radical (unpaired) electrons. The molecule has 0 saturated carbocycles. The second-order valence-corrected chi connectivity index (χ2v) is 10.7. The van der Waals surface area contributed by atoms with E-state index in [-0.39, 0.29) is 11.3 Å². The monoisotopic (exact) mass is 600 g/mol. The number of methoxy groups -OCH3 is 1. The van der Waals surface area contributed by atoms with E-state index in [1.165, 1.54) is 0 Å². The van der Waals surface area contributed by atoms with E-state index < -0.39 is 17.7 Å². The van der Waals surface area contributed by atoms with E-state index in [1.54, 1.807) is 42.3 Å². The Morgan fingerprint density at radius 2 is 1.77 bits per heavy atom. The van der Waals surface area contributed by atoms with Gasteiger partial charge in [-0.3, -0.25) is 14.5 Å². The molecule has 0 spiro atoms. The highest BCUT2D eigenvalue weighted by Crippen LogP contribution is 2.42. The molecule has 0 aromatic heterocycles. The molecule has 39 heavy (non-hydrogen) atoms. The van der Waals surface area contributed by atoms with Crippen molar-refractivity contribution in [3.8, 4) is 11.5 Å². The van der Waals surface area contributed by atoms with Crippen LogP contribution in [0, 0.1) is 0 Å². The number of aliphatic hydroxyl groups excluding tert-OH is 1. The Morgan fingerprint density at radius 3 is 2.46 bits per heavy atom. The summed E-state index contributed by atoms with van der Waals surface area (Å²) in [5.41, 5.74) is 1.22. The quantitative estimate of drug-likeness (QED) is 0.156. The average Bonchev–Trinajstić information content (AvgIpc) is 3.21.